The number of hydrogen-bond acceptors (Lipinski definition) is 2. The zero-order chi connectivity index (χ0) is 17.2. The first-order valence-corrected chi connectivity index (χ1v) is 8.59. The molecule has 2 N–H and O–H groups in total. The summed E-state index contributed by atoms with van der Waals surface area (Å²) < 4.78 is 0. The van der Waals surface area contributed by atoms with E-state index in [1.165, 1.54) is 16.7 Å². The van der Waals surface area contributed by atoms with E-state index in [0.717, 1.165) is 24.9 Å². The molecule has 3 nitrogen and oxygen atoms in total. The van der Waals surface area contributed by atoms with Crippen LogP contribution in [0.25, 0.3) is 0 Å². The predicted molar refractivity (Wildman–Crippen MR) is 96.1 cm³/mol. The zero-order valence-corrected chi connectivity index (χ0v) is 14.4. The van der Waals surface area contributed by atoms with Crippen molar-refractivity contribution >= 4 is 5.97 Å². The van der Waals surface area contributed by atoms with Gasteiger partial charge >= 0.3 is 5.97 Å². The van der Waals surface area contributed by atoms with Crippen molar-refractivity contribution in [2.24, 2.45) is 5.92 Å². The molecule has 0 amide bonds. The van der Waals surface area contributed by atoms with Gasteiger partial charge in [-0.2, -0.15) is 0 Å². The van der Waals surface area contributed by atoms with Crippen molar-refractivity contribution in [1.82, 2.24) is 5.32 Å². The van der Waals surface area contributed by atoms with E-state index in [-0.39, 0.29) is 6.42 Å². The van der Waals surface area contributed by atoms with E-state index < -0.39 is 11.5 Å². The van der Waals surface area contributed by atoms with Gasteiger partial charge < -0.3 is 10.4 Å². The molecule has 0 aromatic heterocycles. The molecule has 1 heterocycles. The molecular formula is C21H25NO2. The average Bonchev–Trinajstić information content (AvgIpc) is 2.91. The van der Waals surface area contributed by atoms with E-state index in [4.69, 9.17) is 0 Å². The smallest absolute Gasteiger partial charge is 0.305 e. The molecule has 0 aliphatic carbocycles. The summed E-state index contributed by atoms with van der Waals surface area (Å²) in [4.78, 5) is 11.3. The second-order valence-corrected chi connectivity index (χ2v) is 7.14. The maximum absolute atomic E-state index is 11.3. The zero-order valence-electron chi connectivity index (χ0n) is 14.4. The third-order valence-electron chi connectivity index (χ3n) is 5.10. The van der Waals surface area contributed by atoms with Gasteiger partial charge in [0.2, 0.25) is 0 Å². The van der Waals surface area contributed by atoms with Gasteiger partial charge in [0.05, 0.1) is 12.0 Å². The van der Waals surface area contributed by atoms with Crippen molar-refractivity contribution in [3.8, 4) is 0 Å². The quantitative estimate of drug-likeness (QED) is 0.878. The van der Waals surface area contributed by atoms with Crippen LogP contribution in [0.5, 0.6) is 0 Å². The maximum Gasteiger partial charge on any atom is 0.305 e. The van der Waals surface area contributed by atoms with Gasteiger partial charge in [0.25, 0.3) is 0 Å². The van der Waals surface area contributed by atoms with Gasteiger partial charge in [0.1, 0.15) is 0 Å². The molecule has 1 saturated heterocycles. The fraction of sp³-hybridized carbons (Fsp3) is 0.381. The van der Waals surface area contributed by atoms with E-state index in [1.54, 1.807) is 0 Å². The molecular weight excluding hydrogens is 298 g/mol. The molecule has 24 heavy (non-hydrogen) atoms. The largest absolute Gasteiger partial charge is 0.481 e. The summed E-state index contributed by atoms with van der Waals surface area (Å²) in [5.41, 5.74) is 4.55. The third kappa shape index (κ3) is 3.51. The molecule has 3 heteroatoms. The summed E-state index contributed by atoms with van der Waals surface area (Å²) in [7, 11) is 0. The predicted octanol–water partition coefficient (Wildman–Crippen LogP) is 3.89. The summed E-state index contributed by atoms with van der Waals surface area (Å²) in [5, 5.41) is 12.8. The minimum atomic E-state index is -0.749. The Bertz CT molecular complexity index is 723. The van der Waals surface area contributed by atoms with E-state index >= 15 is 0 Å². The van der Waals surface area contributed by atoms with Gasteiger partial charge in [-0.15, -0.1) is 0 Å². The Hall–Kier alpha value is -2.13. The molecule has 1 fully saturated rings. The van der Waals surface area contributed by atoms with Crippen LogP contribution in [0.4, 0.5) is 0 Å². The van der Waals surface area contributed by atoms with E-state index in [1.807, 2.05) is 0 Å². The summed E-state index contributed by atoms with van der Waals surface area (Å²) in [6, 6.07) is 16.9. The van der Waals surface area contributed by atoms with Crippen LogP contribution >= 0.6 is 0 Å². The normalized spacial score (nSPS) is 23.3. The number of carboxylic acids is 1. The summed E-state index contributed by atoms with van der Waals surface area (Å²) >= 11 is 0. The Morgan fingerprint density at radius 2 is 1.92 bits per heavy atom. The molecule has 3 rings (SSSR count). The first-order valence-electron chi connectivity index (χ1n) is 8.59. The van der Waals surface area contributed by atoms with E-state index in [0.29, 0.717) is 5.92 Å². The SMILES string of the molecule is Cc1ccccc1Cc1ccc([C@@]2(CC(=O)O)C[C@H](C)CN2)cc1. The molecule has 1 aliphatic rings. The highest BCUT2D eigenvalue weighted by molar-refractivity contribution is 5.69. The Kier molecular flexibility index (Phi) is 4.72. The van der Waals surface area contributed by atoms with Crippen LogP contribution < -0.4 is 5.32 Å². The fourth-order valence-electron chi connectivity index (χ4n) is 3.79. The van der Waals surface area contributed by atoms with Crippen LogP contribution in [-0.4, -0.2) is 17.6 Å². The molecule has 2 aromatic rings. The molecule has 0 unspecified atom stereocenters. The van der Waals surface area contributed by atoms with Crippen molar-refractivity contribution < 1.29 is 9.90 Å². The number of aliphatic carboxylic acids is 1. The highest BCUT2D eigenvalue weighted by Crippen LogP contribution is 2.37. The summed E-state index contributed by atoms with van der Waals surface area (Å²) in [6.45, 7) is 5.18. The van der Waals surface area contributed by atoms with Crippen LogP contribution in [0.15, 0.2) is 48.5 Å². The number of carboxylic acid groups (broad SMARTS) is 1. The number of benzene rings is 2. The Morgan fingerprint density at radius 1 is 1.21 bits per heavy atom. The van der Waals surface area contributed by atoms with Gasteiger partial charge in [0.15, 0.2) is 0 Å². The first kappa shape index (κ1) is 16.7. The average molecular weight is 323 g/mol. The third-order valence-corrected chi connectivity index (χ3v) is 5.10. The second-order valence-electron chi connectivity index (χ2n) is 7.14. The number of hydrogen-bond donors (Lipinski definition) is 2. The minimum absolute atomic E-state index is 0.133. The molecule has 2 atom stereocenters. The van der Waals surface area contributed by atoms with Crippen molar-refractivity contribution in [3.63, 3.8) is 0 Å². The molecule has 1 aliphatic heterocycles. The molecule has 2 aromatic carbocycles. The standard InChI is InChI=1S/C21H25NO2/c1-15-12-21(22-14-15,13-20(23)24)19-9-7-17(8-10-19)11-18-6-4-3-5-16(18)2/h3-10,15,22H,11-14H2,1-2H3,(H,23,24)/t15-,21-/m0/s1. The topological polar surface area (TPSA) is 49.3 Å². The summed E-state index contributed by atoms with van der Waals surface area (Å²) in [6.07, 6.45) is 1.91. The van der Waals surface area contributed by atoms with Gasteiger partial charge in [0, 0.05) is 0 Å². The summed E-state index contributed by atoms with van der Waals surface area (Å²) in [5.74, 6) is -0.253. The van der Waals surface area contributed by atoms with Crippen LogP contribution in [0, 0.1) is 12.8 Å². The number of nitrogens with one attached hydrogen (secondary N) is 1. The lowest BCUT2D eigenvalue weighted by molar-refractivity contribution is -0.138. The molecule has 0 bridgehead atoms. The molecule has 0 saturated carbocycles. The fourth-order valence-corrected chi connectivity index (χ4v) is 3.79. The second kappa shape index (κ2) is 6.78. The molecule has 0 spiro atoms. The Labute approximate surface area is 143 Å². The van der Waals surface area contributed by atoms with Gasteiger partial charge in [-0.1, -0.05) is 55.5 Å². The van der Waals surface area contributed by atoms with Crippen LogP contribution in [0.1, 0.15) is 42.0 Å². The monoisotopic (exact) mass is 323 g/mol. The number of rotatable bonds is 5. The van der Waals surface area contributed by atoms with Gasteiger partial charge in [-0.25, -0.2) is 0 Å². The lowest BCUT2D eigenvalue weighted by Crippen LogP contribution is -2.38. The Balaban J connectivity index is 1.82. The van der Waals surface area contributed by atoms with E-state index in [9.17, 15) is 9.90 Å². The first-order chi connectivity index (χ1) is 11.5. The van der Waals surface area contributed by atoms with Gasteiger partial charge in [-0.3, -0.25) is 4.79 Å². The van der Waals surface area contributed by atoms with Crippen molar-refractivity contribution in [2.45, 2.75) is 38.6 Å². The van der Waals surface area contributed by atoms with Crippen molar-refractivity contribution in [1.29, 1.82) is 0 Å². The maximum atomic E-state index is 11.3. The minimum Gasteiger partial charge on any atom is -0.481 e. The van der Waals surface area contributed by atoms with Crippen molar-refractivity contribution in [3.05, 3.63) is 70.8 Å². The highest BCUT2D eigenvalue weighted by atomic mass is 16.4. The van der Waals surface area contributed by atoms with E-state index in [2.05, 4.69) is 67.7 Å². The number of aryl methyl sites for hydroxylation is 1. The lowest BCUT2D eigenvalue weighted by atomic mass is 9.82. The molecule has 0 radical (unpaired) electrons. The van der Waals surface area contributed by atoms with Crippen molar-refractivity contribution in [2.75, 3.05) is 6.54 Å². The van der Waals surface area contributed by atoms with Crippen LogP contribution in [-0.2, 0) is 16.8 Å². The molecule has 126 valence electrons. The van der Waals surface area contributed by atoms with Crippen LogP contribution in [0.3, 0.4) is 0 Å². The van der Waals surface area contributed by atoms with Gasteiger partial charge in [-0.05, 0) is 54.5 Å². The highest BCUT2D eigenvalue weighted by Gasteiger charge is 2.40. The Morgan fingerprint density at radius 3 is 2.50 bits per heavy atom. The van der Waals surface area contributed by atoms with Crippen LogP contribution in [0.2, 0.25) is 0 Å². The number of carbonyl (C=O) groups is 1. The lowest BCUT2D eigenvalue weighted by Gasteiger charge is -2.29.